The van der Waals surface area contributed by atoms with Crippen LogP contribution in [0.3, 0.4) is 0 Å². The standard InChI is InChI=1S/C20H29N3O2S.HI/c1-2-21-19(22-13-16-9-12-26(24,25)14-16)23-15-20(10-5-6-11-20)17-7-3-4-8-18(17)23;/h3-4,7-8,16H,2,5-6,9-15H2,1H3,(H,21,22);1H. The van der Waals surface area contributed by atoms with Crippen molar-refractivity contribution in [2.75, 3.05) is 36.0 Å². The Labute approximate surface area is 179 Å². The van der Waals surface area contributed by atoms with Crippen LogP contribution in [0.2, 0.25) is 0 Å². The van der Waals surface area contributed by atoms with Crippen LogP contribution >= 0.6 is 24.0 Å². The second kappa shape index (κ2) is 8.27. The highest BCUT2D eigenvalue weighted by Crippen LogP contribution is 2.50. The SMILES string of the molecule is CCNC(=NCC1CCS(=O)(=O)C1)N1CC2(CCCC2)c2ccccc21.I. The van der Waals surface area contributed by atoms with Crippen LogP contribution in [0.1, 0.15) is 44.6 Å². The Kier molecular flexibility index (Phi) is 6.40. The molecule has 0 bridgehead atoms. The topological polar surface area (TPSA) is 61.8 Å². The van der Waals surface area contributed by atoms with Crippen LogP contribution in [0.25, 0.3) is 0 Å². The highest BCUT2D eigenvalue weighted by atomic mass is 127. The molecule has 2 heterocycles. The average Bonchev–Trinajstić information content (AvgIpc) is 3.32. The molecular formula is C20H30IN3O2S. The summed E-state index contributed by atoms with van der Waals surface area (Å²) >= 11 is 0. The lowest BCUT2D eigenvalue weighted by atomic mass is 9.81. The lowest BCUT2D eigenvalue weighted by molar-refractivity contribution is 0.478. The highest BCUT2D eigenvalue weighted by molar-refractivity contribution is 14.0. The largest absolute Gasteiger partial charge is 0.356 e. The van der Waals surface area contributed by atoms with Crippen molar-refractivity contribution in [1.29, 1.82) is 0 Å². The molecule has 1 N–H and O–H groups in total. The van der Waals surface area contributed by atoms with E-state index in [9.17, 15) is 8.42 Å². The summed E-state index contributed by atoms with van der Waals surface area (Å²) in [7, 11) is -2.84. The molecule has 150 valence electrons. The number of anilines is 1. The molecule has 27 heavy (non-hydrogen) atoms. The van der Waals surface area contributed by atoms with Crippen molar-refractivity contribution < 1.29 is 8.42 Å². The van der Waals surface area contributed by atoms with E-state index in [1.165, 1.54) is 36.9 Å². The number of halogens is 1. The fourth-order valence-corrected chi connectivity index (χ4v) is 6.77. The smallest absolute Gasteiger partial charge is 0.198 e. The number of hydrogen-bond donors (Lipinski definition) is 1. The summed E-state index contributed by atoms with van der Waals surface area (Å²) in [6, 6.07) is 8.74. The molecule has 0 radical (unpaired) electrons. The molecule has 1 atom stereocenters. The number of benzene rings is 1. The van der Waals surface area contributed by atoms with Gasteiger partial charge >= 0.3 is 0 Å². The van der Waals surface area contributed by atoms with Crippen LogP contribution in [0.15, 0.2) is 29.3 Å². The van der Waals surface area contributed by atoms with Gasteiger partial charge < -0.3 is 10.2 Å². The van der Waals surface area contributed by atoms with Crippen molar-refractivity contribution in [2.45, 2.75) is 44.4 Å². The Bertz CT molecular complexity index is 803. The number of nitrogens with zero attached hydrogens (tertiary/aromatic N) is 2. The number of sulfone groups is 1. The molecule has 1 saturated heterocycles. The lowest BCUT2D eigenvalue weighted by Crippen LogP contribution is -2.43. The Balaban J connectivity index is 0.00000210. The highest BCUT2D eigenvalue weighted by Gasteiger charge is 2.45. The number of rotatable bonds is 3. The first-order valence-corrected chi connectivity index (χ1v) is 11.7. The third-order valence-electron chi connectivity index (χ3n) is 6.20. The van der Waals surface area contributed by atoms with Crippen LogP contribution < -0.4 is 10.2 Å². The van der Waals surface area contributed by atoms with Crippen LogP contribution in [0, 0.1) is 5.92 Å². The minimum atomic E-state index is -2.84. The van der Waals surface area contributed by atoms with Crippen molar-refractivity contribution in [3.63, 3.8) is 0 Å². The fraction of sp³-hybridized carbons (Fsp3) is 0.650. The quantitative estimate of drug-likeness (QED) is 0.391. The normalized spacial score (nSPS) is 25.4. The summed E-state index contributed by atoms with van der Waals surface area (Å²) in [5.41, 5.74) is 3.00. The number of hydrogen-bond acceptors (Lipinski definition) is 3. The second-order valence-electron chi connectivity index (χ2n) is 8.05. The van der Waals surface area contributed by atoms with Gasteiger partial charge in [-0.15, -0.1) is 24.0 Å². The van der Waals surface area contributed by atoms with Gasteiger partial charge in [0.15, 0.2) is 15.8 Å². The van der Waals surface area contributed by atoms with Crippen LogP contribution in [-0.2, 0) is 15.3 Å². The third kappa shape index (κ3) is 4.13. The fourth-order valence-electron chi connectivity index (χ4n) is 4.93. The van der Waals surface area contributed by atoms with E-state index >= 15 is 0 Å². The molecule has 1 aliphatic carbocycles. The molecule has 1 spiro atoms. The van der Waals surface area contributed by atoms with Gasteiger partial charge in [-0.1, -0.05) is 31.0 Å². The van der Waals surface area contributed by atoms with Crippen molar-refractivity contribution in [1.82, 2.24) is 5.32 Å². The van der Waals surface area contributed by atoms with E-state index in [0.29, 0.717) is 12.3 Å². The first kappa shape index (κ1) is 20.9. The molecule has 3 aliphatic rings. The number of nitrogens with one attached hydrogen (secondary N) is 1. The van der Waals surface area contributed by atoms with Crippen LogP contribution in [-0.4, -0.2) is 45.5 Å². The van der Waals surface area contributed by atoms with Gasteiger partial charge in [-0.3, -0.25) is 4.99 Å². The van der Waals surface area contributed by atoms with Gasteiger partial charge in [0.2, 0.25) is 0 Å². The second-order valence-corrected chi connectivity index (χ2v) is 10.3. The maximum atomic E-state index is 11.7. The first-order valence-electron chi connectivity index (χ1n) is 9.89. The molecule has 5 nitrogen and oxygen atoms in total. The summed E-state index contributed by atoms with van der Waals surface area (Å²) in [6.07, 6.45) is 5.85. The number of guanidine groups is 1. The van der Waals surface area contributed by atoms with Gasteiger partial charge in [-0.25, -0.2) is 8.42 Å². The van der Waals surface area contributed by atoms with Crippen molar-refractivity contribution in [3.05, 3.63) is 29.8 Å². The van der Waals surface area contributed by atoms with Crippen molar-refractivity contribution in [2.24, 2.45) is 10.9 Å². The number of fused-ring (bicyclic) bond motifs is 2. The lowest BCUT2D eigenvalue weighted by Gasteiger charge is -2.27. The van der Waals surface area contributed by atoms with Gasteiger partial charge in [0.05, 0.1) is 11.5 Å². The maximum Gasteiger partial charge on any atom is 0.198 e. The van der Waals surface area contributed by atoms with Crippen molar-refractivity contribution >= 4 is 45.5 Å². The van der Waals surface area contributed by atoms with E-state index in [0.717, 1.165) is 25.5 Å². The maximum absolute atomic E-state index is 11.7. The third-order valence-corrected chi connectivity index (χ3v) is 8.04. The van der Waals surface area contributed by atoms with Gasteiger partial charge in [0, 0.05) is 30.7 Å². The Morgan fingerprint density at radius 1 is 1.30 bits per heavy atom. The average molecular weight is 503 g/mol. The zero-order valence-electron chi connectivity index (χ0n) is 16.0. The van der Waals surface area contributed by atoms with E-state index in [4.69, 9.17) is 4.99 Å². The molecule has 0 aromatic heterocycles. The monoisotopic (exact) mass is 503 g/mol. The van der Waals surface area contributed by atoms with E-state index in [1.54, 1.807) is 0 Å². The van der Waals surface area contributed by atoms with Crippen LogP contribution in [0.4, 0.5) is 5.69 Å². The Morgan fingerprint density at radius 3 is 2.70 bits per heavy atom. The van der Waals surface area contributed by atoms with E-state index in [2.05, 4.69) is 41.4 Å². The summed E-state index contributed by atoms with van der Waals surface area (Å²) < 4.78 is 23.5. The van der Waals surface area contributed by atoms with Crippen LogP contribution in [0.5, 0.6) is 0 Å². The molecular weight excluding hydrogens is 473 g/mol. The number of para-hydroxylation sites is 1. The Morgan fingerprint density at radius 2 is 2.04 bits per heavy atom. The summed E-state index contributed by atoms with van der Waals surface area (Å²) in [5.74, 6) is 1.68. The molecule has 2 aliphatic heterocycles. The van der Waals surface area contributed by atoms with Gasteiger partial charge in [-0.2, -0.15) is 0 Å². The molecule has 1 aromatic carbocycles. The van der Waals surface area contributed by atoms with E-state index in [-0.39, 0.29) is 41.1 Å². The van der Waals surface area contributed by atoms with Gasteiger partial charge in [0.25, 0.3) is 0 Å². The summed E-state index contributed by atoms with van der Waals surface area (Å²) in [4.78, 5) is 7.20. The Hall–Kier alpha value is -0.830. The minimum Gasteiger partial charge on any atom is -0.356 e. The molecule has 1 saturated carbocycles. The zero-order chi connectivity index (χ0) is 18.2. The molecule has 1 aromatic rings. The molecule has 7 heteroatoms. The molecule has 1 unspecified atom stereocenters. The predicted molar refractivity (Wildman–Crippen MR) is 122 cm³/mol. The minimum absolute atomic E-state index is 0. The van der Waals surface area contributed by atoms with E-state index in [1.807, 2.05) is 0 Å². The summed E-state index contributed by atoms with van der Waals surface area (Å²) in [6.45, 7) is 4.48. The number of aliphatic imine (C=N–C) groups is 1. The molecule has 0 amide bonds. The van der Waals surface area contributed by atoms with Gasteiger partial charge in [-0.05, 0) is 43.7 Å². The predicted octanol–water partition coefficient (Wildman–Crippen LogP) is 3.34. The zero-order valence-corrected chi connectivity index (χ0v) is 19.1. The first-order chi connectivity index (χ1) is 12.5. The van der Waals surface area contributed by atoms with Gasteiger partial charge in [0.1, 0.15) is 0 Å². The summed E-state index contributed by atoms with van der Waals surface area (Å²) in [5, 5.41) is 3.44. The van der Waals surface area contributed by atoms with E-state index < -0.39 is 9.84 Å². The molecule has 4 rings (SSSR count). The molecule has 2 fully saturated rings. The van der Waals surface area contributed by atoms with Crippen molar-refractivity contribution in [3.8, 4) is 0 Å².